The molecule has 2 aromatic rings. The minimum absolute atomic E-state index is 0.181. The molecule has 1 fully saturated rings. The molecular weight excluding hydrogens is 368 g/mol. The molecule has 8 nitrogen and oxygen atoms in total. The minimum Gasteiger partial charge on any atom is -0.372 e. The summed E-state index contributed by atoms with van der Waals surface area (Å²) in [7, 11) is 0. The van der Waals surface area contributed by atoms with Crippen LogP contribution in [0.1, 0.15) is 32.2 Å². The van der Waals surface area contributed by atoms with E-state index in [-0.39, 0.29) is 24.2 Å². The van der Waals surface area contributed by atoms with Gasteiger partial charge in [-0.05, 0) is 51.8 Å². The summed E-state index contributed by atoms with van der Waals surface area (Å²) in [6.45, 7) is 13.2. The minimum atomic E-state index is -0.228. The second-order valence-electron chi connectivity index (χ2n) is 8.12. The zero-order valence-electron chi connectivity index (χ0n) is 18.0. The lowest BCUT2D eigenvalue weighted by atomic mass is 10.2. The fourth-order valence-corrected chi connectivity index (χ4v) is 3.67. The van der Waals surface area contributed by atoms with Gasteiger partial charge in [0.1, 0.15) is 5.82 Å². The Labute approximate surface area is 172 Å². The van der Waals surface area contributed by atoms with Gasteiger partial charge in [-0.1, -0.05) is 6.92 Å². The van der Waals surface area contributed by atoms with E-state index in [1.54, 1.807) is 6.20 Å². The summed E-state index contributed by atoms with van der Waals surface area (Å²) in [5, 5.41) is 10.2. The lowest BCUT2D eigenvalue weighted by Gasteiger charge is -2.36. The first-order valence-electron chi connectivity index (χ1n) is 10.2. The van der Waals surface area contributed by atoms with Crippen molar-refractivity contribution in [2.24, 2.45) is 5.92 Å². The monoisotopic (exact) mass is 400 g/mol. The summed E-state index contributed by atoms with van der Waals surface area (Å²) in [5.41, 5.74) is 2.82. The highest BCUT2D eigenvalue weighted by Crippen LogP contribution is 2.19. The van der Waals surface area contributed by atoms with Gasteiger partial charge < -0.3 is 20.3 Å². The number of rotatable bonds is 6. The normalized spacial score (nSPS) is 20.4. The molecule has 3 rings (SSSR count). The number of hydrogen-bond donors (Lipinski definition) is 2. The van der Waals surface area contributed by atoms with E-state index in [0.717, 1.165) is 36.8 Å². The van der Waals surface area contributed by atoms with Crippen LogP contribution < -0.4 is 15.5 Å². The molecule has 2 N–H and O–H groups in total. The number of carbonyl (C=O) groups is 1. The number of aromatic nitrogens is 3. The zero-order chi connectivity index (χ0) is 21.0. The van der Waals surface area contributed by atoms with Gasteiger partial charge in [-0.15, -0.1) is 0 Å². The number of carbonyl (C=O) groups excluding carboxylic acids is 1. The van der Waals surface area contributed by atoms with Gasteiger partial charge in [0.15, 0.2) is 0 Å². The van der Waals surface area contributed by atoms with E-state index in [9.17, 15) is 4.79 Å². The second kappa shape index (κ2) is 9.26. The Balaban J connectivity index is 1.46. The van der Waals surface area contributed by atoms with E-state index in [0.29, 0.717) is 12.2 Å². The molecule has 0 bridgehead atoms. The number of hydrogen-bond acceptors (Lipinski definition) is 5. The van der Waals surface area contributed by atoms with Crippen molar-refractivity contribution in [3.63, 3.8) is 0 Å². The Kier molecular flexibility index (Phi) is 6.74. The van der Waals surface area contributed by atoms with Crippen molar-refractivity contribution in [2.45, 2.75) is 53.4 Å². The third kappa shape index (κ3) is 5.93. The highest BCUT2D eigenvalue weighted by molar-refractivity contribution is 5.89. The zero-order valence-corrected chi connectivity index (χ0v) is 18.0. The quantitative estimate of drug-likeness (QED) is 0.779. The van der Waals surface area contributed by atoms with Crippen molar-refractivity contribution < 1.29 is 9.53 Å². The molecular formula is C21H32N6O2. The third-order valence-corrected chi connectivity index (χ3v) is 4.95. The molecule has 0 spiro atoms. The number of morpholine rings is 1. The summed E-state index contributed by atoms with van der Waals surface area (Å²) in [5.74, 6) is 1.17. The number of urea groups is 1. The summed E-state index contributed by atoms with van der Waals surface area (Å²) in [4.78, 5) is 18.9. The van der Waals surface area contributed by atoms with E-state index < -0.39 is 0 Å². The third-order valence-electron chi connectivity index (χ3n) is 4.95. The first kappa shape index (κ1) is 21.1. The number of nitrogens with one attached hydrogen (secondary N) is 2. The molecule has 1 aliphatic rings. The van der Waals surface area contributed by atoms with Gasteiger partial charge in [0.05, 0.1) is 29.8 Å². The fourth-order valence-electron chi connectivity index (χ4n) is 3.67. The smallest absolute Gasteiger partial charge is 0.319 e. The fraction of sp³-hybridized carbons (Fsp3) is 0.571. The van der Waals surface area contributed by atoms with E-state index in [1.807, 2.05) is 30.7 Å². The van der Waals surface area contributed by atoms with Crippen molar-refractivity contribution in [3.05, 3.63) is 35.8 Å². The van der Waals surface area contributed by atoms with Crippen LogP contribution in [0.4, 0.5) is 16.3 Å². The molecule has 0 unspecified atom stereocenters. The maximum atomic E-state index is 12.2. The number of pyridine rings is 1. The molecule has 8 heteroatoms. The van der Waals surface area contributed by atoms with Crippen LogP contribution in [0.3, 0.4) is 0 Å². The van der Waals surface area contributed by atoms with Crippen LogP contribution in [0.5, 0.6) is 0 Å². The molecule has 29 heavy (non-hydrogen) atoms. The maximum Gasteiger partial charge on any atom is 0.319 e. The Morgan fingerprint density at radius 1 is 1.28 bits per heavy atom. The number of ether oxygens (including phenoxy) is 1. The number of amides is 2. The Morgan fingerprint density at radius 3 is 2.59 bits per heavy atom. The van der Waals surface area contributed by atoms with E-state index in [4.69, 9.17) is 4.74 Å². The predicted octanol–water partition coefficient (Wildman–Crippen LogP) is 2.97. The highest BCUT2D eigenvalue weighted by Gasteiger charge is 2.23. The summed E-state index contributed by atoms with van der Waals surface area (Å²) >= 11 is 0. The van der Waals surface area contributed by atoms with Crippen LogP contribution in [0.2, 0.25) is 0 Å². The van der Waals surface area contributed by atoms with Crippen LogP contribution in [-0.2, 0) is 11.3 Å². The maximum absolute atomic E-state index is 12.2. The SMILES string of the molecule is Cc1cc(C)n(C[C@H](C)CNC(=O)Nc2ccc(N3C[C@@H](C)O[C@H](C)C3)nc2)n1. The van der Waals surface area contributed by atoms with Gasteiger partial charge in [-0.2, -0.15) is 5.10 Å². The van der Waals surface area contributed by atoms with Crippen LogP contribution in [-0.4, -0.2) is 52.6 Å². The van der Waals surface area contributed by atoms with Crippen molar-refractivity contribution in [1.82, 2.24) is 20.1 Å². The molecule has 0 saturated carbocycles. The molecule has 3 atom stereocenters. The molecule has 1 saturated heterocycles. The number of nitrogens with zero attached hydrogens (tertiary/aromatic N) is 4. The molecule has 0 aromatic carbocycles. The van der Waals surface area contributed by atoms with Crippen molar-refractivity contribution in [3.8, 4) is 0 Å². The largest absolute Gasteiger partial charge is 0.372 e. The van der Waals surface area contributed by atoms with Crippen molar-refractivity contribution in [2.75, 3.05) is 29.9 Å². The van der Waals surface area contributed by atoms with Gasteiger partial charge in [0.2, 0.25) is 0 Å². The standard InChI is InChI=1S/C21H32N6O2/c1-14(11-27-16(3)8-15(2)25-27)9-23-21(28)24-19-6-7-20(22-10-19)26-12-17(4)29-18(5)13-26/h6-8,10,14,17-18H,9,11-13H2,1-5H3,(H2,23,24,28)/t14-,17-,18-/m1/s1. The summed E-state index contributed by atoms with van der Waals surface area (Å²) in [6, 6.07) is 5.65. The molecule has 0 aliphatic carbocycles. The van der Waals surface area contributed by atoms with Crippen LogP contribution in [0.15, 0.2) is 24.4 Å². The second-order valence-corrected chi connectivity index (χ2v) is 8.12. The number of anilines is 2. The molecule has 2 aromatic heterocycles. The van der Waals surface area contributed by atoms with Crippen molar-refractivity contribution in [1.29, 1.82) is 0 Å². The topological polar surface area (TPSA) is 84.3 Å². The lowest BCUT2D eigenvalue weighted by molar-refractivity contribution is -0.00545. The molecule has 1 aliphatic heterocycles. The average molecular weight is 401 g/mol. The Bertz CT molecular complexity index is 809. The first-order chi connectivity index (χ1) is 13.8. The Morgan fingerprint density at radius 2 is 2.00 bits per heavy atom. The van der Waals surface area contributed by atoms with Gasteiger partial charge >= 0.3 is 6.03 Å². The van der Waals surface area contributed by atoms with E-state index in [2.05, 4.69) is 52.5 Å². The van der Waals surface area contributed by atoms with E-state index >= 15 is 0 Å². The van der Waals surface area contributed by atoms with Gasteiger partial charge in [-0.3, -0.25) is 4.68 Å². The van der Waals surface area contributed by atoms with Gasteiger partial charge in [0, 0.05) is 31.9 Å². The molecule has 3 heterocycles. The van der Waals surface area contributed by atoms with Crippen molar-refractivity contribution >= 4 is 17.5 Å². The summed E-state index contributed by atoms with van der Waals surface area (Å²) in [6.07, 6.45) is 2.06. The van der Waals surface area contributed by atoms with Gasteiger partial charge in [0.25, 0.3) is 0 Å². The van der Waals surface area contributed by atoms with Gasteiger partial charge in [-0.25, -0.2) is 9.78 Å². The van der Waals surface area contributed by atoms with Crippen LogP contribution in [0, 0.1) is 19.8 Å². The molecule has 0 radical (unpaired) electrons. The van der Waals surface area contributed by atoms with Crippen LogP contribution >= 0.6 is 0 Å². The number of aryl methyl sites for hydroxylation is 2. The highest BCUT2D eigenvalue weighted by atomic mass is 16.5. The molecule has 158 valence electrons. The van der Waals surface area contributed by atoms with E-state index in [1.165, 1.54) is 0 Å². The predicted molar refractivity (Wildman–Crippen MR) is 114 cm³/mol. The average Bonchev–Trinajstić information content (AvgIpc) is 2.96. The lowest BCUT2D eigenvalue weighted by Crippen LogP contribution is -2.45. The first-order valence-corrected chi connectivity index (χ1v) is 10.2. The summed E-state index contributed by atoms with van der Waals surface area (Å²) < 4.78 is 7.75. The van der Waals surface area contributed by atoms with Crippen LogP contribution in [0.25, 0.3) is 0 Å². The Hall–Kier alpha value is -2.61. The molecule has 2 amide bonds.